The summed E-state index contributed by atoms with van der Waals surface area (Å²) in [6.07, 6.45) is 2.42. The standard InChI is InChI=1S/C13H23N3S/c1-4-13(5-2)9-16(7-6-15-13)8-12-11(3)14-10-17-12/h10,15H,4-9H2,1-3H3. The smallest absolute Gasteiger partial charge is 0.0798 e. The molecule has 0 amide bonds. The predicted octanol–water partition coefficient (Wildman–Crippen LogP) is 2.42. The van der Waals surface area contributed by atoms with Crippen LogP contribution in [-0.2, 0) is 6.54 Å². The molecule has 96 valence electrons. The van der Waals surface area contributed by atoms with Crippen molar-refractivity contribution in [1.82, 2.24) is 15.2 Å². The number of nitrogens with zero attached hydrogens (tertiary/aromatic N) is 2. The summed E-state index contributed by atoms with van der Waals surface area (Å²) in [6, 6.07) is 0. The van der Waals surface area contributed by atoms with Crippen molar-refractivity contribution in [2.45, 2.75) is 45.7 Å². The maximum absolute atomic E-state index is 4.34. The molecule has 2 rings (SSSR count). The number of rotatable bonds is 4. The number of hydrogen-bond donors (Lipinski definition) is 1. The van der Waals surface area contributed by atoms with Crippen molar-refractivity contribution in [1.29, 1.82) is 0 Å². The summed E-state index contributed by atoms with van der Waals surface area (Å²) >= 11 is 1.79. The molecule has 1 aliphatic rings. The number of aryl methyl sites for hydroxylation is 1. The van der Waals surface area contributed by atoms with E-state index < -0.39 is 0 Å². The highest BCUT2D eigenvalue weighted by Crippen LogP contribution is 2.23. The maximum Gasteiger partial charge on any atom is 0.0798 e. The minimum Gasteiger partial charge on any atom is -0.309 e. The first-order chi connectivity index (χ1) is 8.19. The van der Waals surface area contributed by atoms with Gasteiger partial charge in [-0.05, 0) is 19.8 Å². The fourth-order valence-corrected chi connectivity index (χ4v) is 3.40. The van der Waals surface area contributed by atoms with E-state index >= 15 is 0 Å². The molecule has 4 heteroatoms. The highest BCUT2D eigenvalue weighted by atomic mass is 32.1. The van der Waals surface area contributed by atoms with Gasteiger partial charge >= 0.3 is 0 Å². The summed E-state index contributed by atoms with van der Waals surface area (Å²) in [5.74, 6) is 0. The normalized spacial score (nSPS) is 20.6. The first-order valence-electron chi connectivity index (χ1n) is 6.55. The van der Waals surface area contributed by atoms with E-state index in [1.807, 2.05) is 5.51 Å². The van der Waals surface area contributed by atoms with E-state index in [1.165, 1.54) is 23.4 Å². The molecule has 3 nitrogen and oxygen atoms in total. The molecule has 17 heavy (non-hydrogen) atoms. The lowest BCUT2D eigenvalue weighted by Crippen LogP contribution is -2.59. The molecule has 1 aliphatic heterocycles. The van der Waals surface area contributed by atoms with Crippen LogP contribution < -0.4 is 5.32 Å². The van der Waals surface area contributed by atoms with Gasteiger partial charge in [0.15, 0.2) is 0 Å². The molecule has 0 bridgehead atoms. The lowest BCUT2D eigenvalue weighted by molar-refractivity contribution is 0.119. The Morgan fingerprint density at radius 3 is 2.82 bits per heavy atom. The van der Waals surface area contributed by atoms with Crippen LogP contribution in [0, 0.1) is 6.92 Å². The third-order valence-corrected chi connectivity index (χ3v) is 4.94. The zero-order valence-corrected chi connectivity index (χ0v) is 11.9. The molecule has 1 fully saturated rings. The van der Waals surface area contributed by atoms with Crippen LogP contribution in [0.3, 0.4) is 0 Å². The number of piperazine rings is 1. The Morgan fingerprint density at radius 2 is 2.24 bits per heavy atom. The fourth-order valence-electron chi connectivity index (χ4n) is 2.58. The van der Waals surface area contributed by atoms with Gasteiger partial charge in [-0.2, -0.15) is 0 Å². The first-order valence-corrected chi connectivity index (χ1v) is 7.43. The minimum atomic E-state index is 0.330. The van der Waals surface area contributed by atoms with Gasteiger partial charge < -0.3 is 5.32 Å². The topological polar surface area (TPSA) is 28.2 Å². The van der Waals surface area contributed by atoms with Gasteiger partial charge in [0.1, 0.15) is 0 Å². The number of aromatic nitrogens is 1. The molecule has 0 radical (unpaired) electrons. The van der Waals surface area contributed by atoms with Crippen molar-refractivity contribution in [3.05, 3.63) is 16.1 Å². The van der Waals surface area contributed by atoms with Crippen molar-refractivity contribution in [2.24, 2.45) is 0 Å². The molecular weight excluding hydrogens is 230 g/mol. The molecule has 0 atom stereocenters. The van der Waals surface area contributed by atoms with E-state index in [0.717, 1.165) is 26.2 Å². The van der Waals surface area contributed by atoms with Crippen molar-refractivity contribution >= 4 is 11.3 Å². The molecule has 0 unspecified atom stereocenters. The van der Waals surface area contributed by atoms with E-state index in [2.05, 4.69) is 36.0 Å². The van der Waals surface area contributed by atoms with E-state index in [9.17, 15) is 0 Å². The monoisotopic (exact) mass is 253 g/mol. The van der Waals surface area contributed by atoms with Crippen molar-refractivity contribution in [2.75, 3.05) is 19.6 Å². The van der Waals surface area contributed by atoms with Crippen molar-refractivity contribution < 1.29 is 0 Å². The Hall–Kier alpha value is -0.450. The van der Waals surface area contributed by atoms with Crippen LogP contribution in [0.1, 0.15) is 37.3 Å². The Morgan fingerprint density at radius 1 is 1.47 bits per heavy atom. The third kappa shape index (κ3) is 2.87. The predicted molar refractivity (Wildman–Crippen MR) is 73.4 cm³/mol. The van der Waals surface area contributed by atoms with E-state index in [0.29, 0.717) is 5.54 Å². The summed E-state index contributed by atoms with van der Waals surface area (Å²) in [4.78, 5) is 8.33. The highest BCUT2D eigenvalue weighted by Gasteiger charge is 2.31. The maximum atomic E-state index is 4.34. The second-order valence-corrected chi connectivity index (χ2v) is 5.93. The third-order valence-electron chi connectivity index (χ3n) is 4.02. The average Bonchev–Trinajstić information content (AvgIpc) is 2.75. The number of thiazole rings is 1. The van der Waals surface area contributed by atoms with E-state index in [-0.39, 0.29) is 0 Å². The van der Waals surface area contributed by atoms with Gasteiger partial charge in [-0.3, -0.25) is 4.90 Å². The quantitative estimate of drug-likeness (QED) is 0.893. The zero-order valence-electron chi connectivity index (χ0n) is 11.1. The average molecular weight is 253 g/mol. The lowest BCUT2D eigenvalue weighted by Gasteiger charge is -2.43. The molecule has 2 heterocycles. The van der Waals surface area contributed by atoms with Gasteiger partial charge in [0.2, 0.25) is 0 Å². The summed E-state index contributed by atoms with van der Waals surface area (Å²) in [7, 11) is 0. The van der Waals surface area contributed by atoms with Gasteiger partial charge in [0, 0.05) is 36.6 Å². The first kappa shape index (κ1) is 13.0. The second-order valence-electron chi connectivity index (χ2n) is 4.99. The summed E-state index contributed by atoms with van der Waals surface area (Å²) < 4.78 is 0. The Kier molecular flexibility index (Phi) is 4.17. The van der Waals surface area contributed by atoms with Crippen LogP contribution in [0.5, 0.6) is 0 Å². The summed E-state index contributed by atoms with van der Waals surface area (Å²) in [5.41, 5.74) is 3.49. The minimum absolute atomic E-state index is 0.330. The number of nitrogens with one attached hydrogen (secondary N) is 1. The lowest BCUT2D eigenvalue weighted by atomic mass is 9.90. The Labute approximate surface area is 108 Å². The second kappa shape index (κ2) is 5.46. The van der Waals surface area contributed by atoms with E-state index in [4.69, 9.17) is 0 Å². The van der Waals surface area contributed by atoms with Crippen LogP contribution in [0.2, 0.25) is 0 Å². The van der Waals surface area contributed by atoms with Gasteiger partial charge in [-0.25, -0.2) is 4.98 Å². The van der Waals surface area contributed by atoms with Gasteiger partial charge in [0.05, 0.1) is 11.2 Å². The van der Waals surface area contributed by atoms with Crippen LogP contribution in [-0.4, -0.2) is 35.1 Å². The Balaban J connectivity index is 2.00. The molecule has 1 aromatic heterocycles. The molecule has 0 aliphatic carbocycles. The van der Waals surface area contributed by atoms with E-state index in [1.54, 1.807) is 11.3 Å². The van der Waals surface area contributed by atoms with Crippen LogP contribution in [0.25, 0.3) is 0 Å². The van der Waals surface area contributed by atoms with Gasteiger partial charge in [0.25, 0.3) is 0 Å². The summed E-state index contributed by atoms with van der Waals surface area (Å²) in [5, 5.41) is 3.70. The Bertz CT molecular complexity index is 357. The van der Waals surface area contributed by atoms with Crippen molar-refractivity contribution in [3.8, 4) is 0 Å². The molecule has 1 saturated heterocycles. The van der Waals surface area contributed by atoms with Gasteiger partial charge in [-0.1, -0.05) is 13.8 Å². The van der Waals surface area contributed by atoms with Crippen molar-refractivity contribution in [3.63, 3.8) is 0 Å². The number of hydrogen-bond acceptors (Lipinski definition) is 4. The molecule has 0 aromatic carbocycles. The van der Waals surface area contributed by atoms with Crippen LogP contribution in [0.4, 0.5) is 0 Å². The van der Waals surface area contributed by atoms with Crippen LogP contribution in [0.15, 0.2) is 5.51 Å². The molecule has 1 N–H and O–H groups in total. The van der Waals surface area contributed by atoms with Crippen LogP contribution >= 0.6 is 11.3 Å². The SMILES string of the molecule is CCC1(CC)CN(Cc2scnc2C)CCN1. The van der Waals surface area contributed by atoms with Gasteiger partial charge in [-0.15, -0.1) is 11.3 Å². The molecule has 0 spiro atoms. The molecule has 1 aromatic rings. The zero-order chi connectivity index (χ0) is 12.3. The summed E-state index contributed by atoms with van der Waals surface area (Å²) in [6.45, 7) is 11.2. The molecule has 0 saturated carbocycles. The fraction of sp³-hybridized carbons (Fsp3) is 0.769. The largest absolute Gasteiger partial charge is 0.309 e. The highest BCUT2D eigenvalue weighted by molar-refractivity contribution is 7.09. The molecular formula is C13H23N3S.